The molecule has 0 aromatic carbocycles. The minimum absolute atomic E-state index is 0.0871. The van der Waals surface area contributed by atoms with Crippen molar-refractivity contribution in [1.82, 2.24) is 0 Å². The van der Waals surface area contributed by atoms with Gasteiger partial charge in [0.25, 0.3) is 0 Å². The van der Waals surface area contributed by atoms with E-state index >= 15 is 0 Å². The Morgan fingerprint density at radius 2 is 1.38 bits per heavy atom. The molecular weight excluding hydrogens is 306 g/mol. The molecule has 0 heterocycles. The molecule has 0 aliphatic heterocycles. The van der Waals surface area contributed by atoms with Crippen LogP contribution in [0.15, 0.2) is 12.7 Å². The van der Waals surface area contributed by atoms with Crippen LogP contribution in [0.3, 0.4) is 0 Å². The molecule has 3 saturated carbocycles. The molecule has 0 aromatic rings. The number of alkyl halides is 2. The van der Waals surface area contributed by atoms with E-state index in [9.17, 15) is 8.78 Å². The molecule has 24 heavy (non-hydrogen) atoms. The molecule has 138 valence electrons. The summed E-state index contributed by atoms with van der Waals surface area (Å²) in [5, 5.41) is 0. The van der Waals surface area contributed by atoms with Gasteiger partial charge in [-0.25, -0.2) is 8.78 Å². The van der Waals surface area contributed by atoms with E-state index in [0.29, 0.717) is 18.9 Å². The lowest BCUT2D eigenvalue weighted by Gasteiger charge is -2.42. The second kappa shape index (κ2) is 8.78. The van der Waals surface area contributed by atoms with Crippen molar-refractivity contribution in [2.45, 2.75) is 89.1 Å². The van der Waals surface area contributed by atoms with Gasteiger partial charge in [0, 0.05) is 0 Å². The first-order valence-corrected chi connectivity index (χ1v) is 10.2. The molecule has 0 aromatic heterocycles. The first-order valence-electron chi connectivity index (χ1n) is 10.2. The van der Waals surface area contributed by atoms with Gasteiger partial charge in [-0.1, -0.05) is 38.2 Å². The molecule has 1 nitrogen and oxygen atoms in total. The van der Waals surface area contributed by atoms with Gasteiger partial charge in [-0.15, -0.1) is 6.58 Å². The van der Waals surface area contributed by atoms with Crippen LogP contribution >= 0.6 is 0 Å². The normalized spacial score (nSPS) is 41.9. The number of halogens is 2. The molecule has 4 atom stereocenters. The van der Waals surface area contributed by atoms with Crippen molar-refractivity contribution in [2.24, 2.45) is 23.7 Å². The van der Waals surface area contributed by atoms with Gasteiger partial charge in [-0.05, 0) is 62.2 Å². The highest BCUT2D eigenvalue weighted by Gasteiger charge is 2.44. The molecule has 0 saturated heterocycles. The van der Waals surface area contributed by atoms with Crippen LogP contribution < -0.4 is 0 Å². The Morgan fingerprint density at radius 3 is 2.04 bits per heavy atom. The molecule has 0 amide bonds. The zero-order valence-corrected chi connectivity index (χ0v) is 15.0. The minimum Gasteiger partial charge on any atom is -0.371 e. The fourth-order valence-electron chi connectivity index (χ4n) is 5.63. The maximum absolute atomic E-state index is 14.7. The predicted molar refractivity (Wildman–Crippen MR) is 94.5 cm³/mol. The monoisotopic (exact) mass is 340 g/mol. The lowest BCUT2D eigenvalue weighted by molar-refractivity contribution is -0.0815. The fourth-order valence-corrected chi connectivity index (χ4v) is 5.63. The predicted octanol–water partition coefficient (Wildman–Crippen LogP) is 6.03. The van der Waals surface area contributed by atoms with Crippen LogP contribution in [0.2, 0.25) is 0 Å². The van der Waals surface area contributed by atoms with Crippen molar-refractivity contribution in [2.75, 3.05) is 6.61 Å². The van der Waals surface area contributed by atoms with Gasteiger partial charge in [0.15, 0.2) is 6.17 Å². The largest absolute Gasteiger partial charge is 0.371 e. The van der Waals surface area contributed by atoms with E-state index in [0.717, 1.165) is 31.1 Å². The average Bonchev–Trinajstić information content (AvgIpc) is 2.64. The third kappa shape index (κ3) is 4.20. The summed E-state index contributed by atoms with van der Waals surface area (Å²) in [6.07, 6.45) is 11.4. The Kier molecular flexibility index (Phi) is 6.71. The Balaban J connectivity index is 1.48. The van der Waals surface area contributed by atoms with Crippen LogP contribution in [0.25, 0.3) is 0 Å². The maximum Gasteiger partial charge on any atom is 0.157 e. The Morgan fingerprint density at radius 1 is 0.750 bits per heavy atom. The summed E-state index contributed by atoms with van der Waals surface area (Å²) in [6.45, 7) is 3.90. The van der Waals surface area contributed by atoms with Gasteiger partial charge in [-0.3, -0.25) is 0 Å². The Bertz CT molecular complexity index is 385. The molecule has 0 spiro atoms. The smallest absolute Gasteiger partial charge is 0.157 e. The van der Waals surface area contributed by atoms with Crippen LogP contribution in [-0.2, 0) is 4.74 Å². The van der Waals surface area contributed by atoms with Gasteiger partial charge >= 0.3 is 0 Å². The van der Waals surface area contributed by atoms with Crippen molar-refractivity contribution < 1.29 is 13.5 Å². The molecule has 3 heteroatoms. The zero-order valence-electron chi connectivity index (χ0n) is 15.0. The van der Waals surface area contributed by atoms with Crippen LogP contribution in [0.5, 0.6) is 0 Å². The SMILES string of the molecule is C=CCOC1CCC(C2CCC(C3CCCCC3)CC2)C(F)C1F. The number of hydrogen-bond acceptors (Lipinski definition) is 1. The minimum atomic E-state index is -1.46. The van der Waals surface area contributed by atoms with Gasteiger partial charge in [0.1, 0.15) is 6.17 Å². The Hall–Kier alpha value is -0.440. The van der Waals surface area contributed by atoms with E-state index in [2.05, 4.69) is 6.58 Å². The van der Waals surface area contributed by atoms with E-state index in [1.54, 1.807) is 6.08 Å². The summed E-state index contributed by atoms with van der Waals surface area (Å²) in [7, 11) is 0. The quantitative estimate of drug-likeness (QED) is 0.555. The second-order valence-electron chi connectivity index (χ2n) is 8.36. The molecule has 3 aliphatic rings. The number of rotatable bonds is 5. The first-order chi connectivity index (χ1) is 11.7. The van der Waals surface area contributed by atoms with Gasteiger partial charge in [-0.2, -0.15) is 0 Å². The summed E-state index contributed by atoms with van der Waals surface area (Å²) in [5.74, 6) is 2.07. The highest BCUT2D eigenvalue weighted by atomic mass is 19.2. The third-order valence-corrected chi connectivity index (χ3v) is 7.02. The summed E-state index contributed by atoms with van der Waals surface area (Å²) >= 11 is 0. The lowest BCUT2D eigenvalue weighted by Crippen LogP contribution is -2.46. The maximum atomic E-state index is 14.7. The number of ether oxygens (including phenoxy) is 1. The second-order valence-corrected chi connectivity index (χ2v) is 8.36. The summed E-state index contributed by atoms with van der Waals surface area (Å²) in [4.78, 5) is 0. The van der Waals surface area contributed by atoms with E-state index in [1.807, 2.05) is 0 Å². The summed E-state index contributed by atoms with van der Waals surface area (Å²) < 4.78 is 34.5. The summed E-state index contributed by atoms with van der Waals surface area (Å²) in [6, 6.07) is 0. The van der Waals surface area contributed by atoms with Gasteiger partial charge < -0.3 is 4.74 Å². The molecule has 3 fully saturated rings. The molecular formula is C21H34F2O. The van der Waals surface area contributed by atoms with E-state index < -0.39 is 18.4 Å². The average molecular weight is 340 g/mol. The lowest BCUT2D eigenvalue weighted by atomic mass is 9.66. The fraction of sp³-hybridized carbons (Fsp3) is 0.905. The number of hydrogen-bond donors (Lipinski definition) is 0. The molecule has 4 unspecified atom stereocenters. The summed E-state index contributed by atoms with van der Waals surface area (Å²) in [5.41, 5.74) is 0. The zero-order chi connectivity index (χ0) is 16.9. The molecule has 3 aliphatic carbocycles. The molecule has 0 radical (unpaired) electrons. The first kappa shape index (κ1) is 18.4. The van der Waals surface area contributed by atoms with Crippen LogP contribution in [-0.4, -0.2) is 25.1 Å². The van der Waals surface area contributed by atoms with Crippen molar-refractivity contribution in [3.63, 3.8) is 0 Å². The van der Waals surface area contributed by atoms with Crippen molar-refractivity contribution in [3.05, 3.63) is 12.7 Å². The van der Waals surface area contributed by atoms with Gasteiger partial charge in [0.2, 0.25) is 0 Å². The Labute approximate surface area is 146 Å². The van der Waals surface area contributed by atoms with Crippen molar-refractivity contribution in [3.8, 4) is 0 Å². The van der Waals surface area contributed by atoms with Gasteiger partial charge in [0.05, 0.1) is 12.7 Å². The van der Waals surface area contributed by atoms with E-state index in [4.69, 9.17) is 4.74 Å². The topological polar surface area (TPSA) is 9.23 Å². The molecule has 0 N–H and O–H groups in total. The standard InChI is InChI=1S/C21H34F2O/c1-2-14-24-19-13-12-18(20(22)21(19)23)17-10-8-16(9-11-17)15-6-4-3-5-7-15/h2,15-21H,1,3-14H2. The molecule has 3 rings (SSSR count). The highest BCUT2D eigenvalue weighted by molar-refractivity contribution is 4.94. The van der Waals surface area contributed by atoms with E-state index in [1.165, 1.54) is 44.9 Å². The third-order valence-electron chi connectivity index (χ3n) is 7.02. The van der Waals surface area contributed by atoms with Crippen molar-refractivity contribution in [1.29, 1.82) is 0 Å². The van der Waals surface area contributed by atoms with Crippen molar-refractivity contribution >= 4 is 0 Å². The van der Waals surface area contributed by atoms with Crippen LogP contribution in [0, 0.1) is 23.7 Å². The van der Waals surface area contributed by atoms with Crippen LogP contribution in [0.4, 0.5) is 8.78 Å². The van der Waals surface area contributed by atoms with Crippen LogP contribution in [0.1, 0.15) is 70.6 Å². The molecule has 0 bridgehead atoms. The van der Waals surface area contributed by atoms with E-state index in [-0.39, 0.29) is 5.92 Å². The highest BCUT2D eigenvalue weighted by Crippen LogP contribution is 2.46.